The highest BCUT2D eigenvalue weighted by atomic mass is 14.4. The molecule has 0 aliphatic heterocycles. The van der Waals surface area contributed by atoms with Crippen molar-refractivity contribution in [3.05, 3.63) is 142 Å². The molecule has 0 heteroatoms. The standard InChI is InChI=1S/C27H22/c1-20-10-9-15-24(18-20)27(23-13-3-2-4-14-23)25-16-7-5-11-21(25)19-22-12-6-8-17-26(22)27/h2-18H,19H2,1H3. The lowest BCUT2D eigenvalue weighted by atomic mass is 9.59. The lowest BCUT2D eigenvalue weighted by Crippen LogP contribution is -2.36. The second-order valence-electron chi connectivity index (χ2n) is 7.48. The van der Waals surface area contributed by atoms with Crippen molar-refractivity contribution in [2.75, 3.05) is 0 Å². The highest BCUT2D eigenvalue weighted by molar-refractivity contribution is 5.66. The first-order valence-electron chi connectivity index (χ1n) is 9.59. The first-order chi connectivity index (χ1) is 13.3. The molecule has 130 valence electrons. The fourth-order valence-electron chi connectivity index (χ4n) is 4.79. The third-order valence-corrected chi connectivity index (χ3v) is 5.88. The van der Waals surface area contributed by atoms with Gasteiger partial charge >= 0.3 is 0 Å². The van der Waals surface area contributed by atoms with Gasteiger partial charge in [-0.1, -0.05) is 109 Å². The van der Waals surface area contributed by atoms with Crippen LogP contribution in [0.3, 0.4) is 0 Å². The Morgan fingerprint density at radius 1 is 0.556 bits per heavy atom. The smallest absolute Gasteiger partial charge is 0.0622 e. The maximum absolute atomic E-state index is 2.35. The summed E-state index contributed by atoms with van der Waals surface area (Å²) in [5.41, 5.74) is 9.33. The van der Waals surface area contributed by atoms with E-state index in [-0.39, 0.29) is 5.41 Å². The number of rotatable bonds is 2. The molecule has 0 aromatic heterocycles. The molecule has 0 unspecified atom stereocenters. The third-order valence-electron chi connectivity index (χ3n) is 5.88. The van der Waals surface area contributed by atoms with E-state index < -0.39 is 0 Å². The van der Waals surface area contributed by atoms with E-state index in [1.807, 2.05) is 0 Å². The molecule has 0 atom stereocenters. The minimum Gasteiger partial charge on any atom is -0.0622 e. The van der Waals surface area contributed by atoms with E-state index in [1.54, 1.807) is 0 Å². The summed E-state index contributed by atoms with van der Waals surface area (Å²) in [4.78, 5) is 0. The summed E-state index contributed by atoms with van der Waals surface area (Å²) in [6.07, 6.45) is 0.993. The first kappa shape index (κ1) is 16.1. The van der Waals surface area contributed by atoms with E-state index in [2.05, 4.69) is 110 Å². The molecule has 1 aliphatic carbocycles. The van der Waals surface area contributed by atoms with E-state index in [9.17, 15) is 0 Å². The van der Waals surface area contributed by atoms with Gasteiger partial charge in [-0.3, -0.25) is 0 Å². The van der Waals surface area contributed by atoms with Crippen molar-refractivity contribution in [1.82, 2.24) is 0 Å². The summed E-state index contributed by atoms with van der Waals surface area (Å²) >= 11 is 0. The summed E-state index contributed by atoms with van der Waals surface area (Å²) in [6.45, 7) is 2.18. The molecule has 0 fully saturated rings. The average molecular weight is 346 g/mol. The van der Waals surface area contributed by atoms with Crippen molar-refractivity contribution in [2.24, 2.45) is 0 Å². The van der Waals surface area contributed by atoms with Gasteiger partial charge < -0.3 is 0 Å². The molecule has 0 spiro atoms. The monoisotopic (exact) mass is 346 g/mol. The minimum atomic E-state index is -0.279. The molecule has 27 heavy (non-hydrogen) atoms. The molecular weight excluding hydrogens is 324 g/mol. The van der Waals surface area contributed by atoms with E-state index in [1.165, 1.54) is 38.9 Å². The minimum absolute atomic E-state index is 0.279. The predicted octanol–water partition coefficient (Wildman–Crippen LogP) is 6.28. The van der Waals surface area contributed by atoms with Crippen LogP contribution in [0.25, 0.3) is 0 Å². The Balaban J connectivity index is 1.97. The number of fused-ring (bicyclic) bond motifs is 2. The van der Waals surface area contributed by atoms with Crippen LogP contribution in [-0.2, 0) is 11.8 Å². The Kier molecular flexibility index (Phi) is 3.72. The van der Waals surface area contributed by atoms with E-state index in [0.717, 1.165) is 6.42 Å². The zero-order chi connectivity index (χ0) is 18.3. The topological polar surface area (TPSA) is 0 Å². The van der Waals surface area contributed by atoms with Gasteiger partial charge in [0.15, 0.2) is 0 Å². The Morgan fingerprint density at radius 3 is 1.74 bits per heavy atom. The van der Waals surface area contributed by atoms with Crippen molar-refractivity contribution in [3.63, 3.8) is 0 Å². The lowest BCUT2D eigenvalue weighted by molar-refractivity contribution is 0.702. The Morgan fingerprint density at radius 2 is 1.11 bits per heavy atom. The molecule has 4 aromatic rings. The highest BCUT2D eigenvalue weighted by Gasteiger charge is 2.43. The normalized spacial score (nSPS) is 14.3. The summed E-state index contributed by atoms with van der Waals surface area (Å²) < 4.78 is 0. The van der Waals surface area contributed by atoms with Crippen LogP contribution in [0.2, 0.25) is 0 Å². The molecule has 0 bridgehead atoms. The van der Waals surface area contributed by atoms with Crippen LogP contribution in [0.1, 0.15) is 38.9 Å². The van der Waals surface area contributed by atoms with Crippen molar-refractivity contribution in [1.29, 1.82) is 0 Å². The molecular formula is C27H22. The molecule has 0 heterocycles. The molecule has 5 rings (SSSR count). The molecule has 0 radical (unpaired) electrons. The molecule has 1 aliphatic rings. The van der Waals surface area contributed by atoms with Crippen LogP contribution in [0, 0.1) is 6.92 Å². The maximum atomic E-state index is 2.35. The van der Waals surface area contributed by atoms with Gasteiger partial charge in [0.25, 0.3) is 0 Å². The summed E-state index contributed by atoms with van der Waals surface area (Å²) in [5, 5.41) is 0. The SMILES string of the molecule is Cc1cccc(C2(c3ccccc3)c3ccccc3Cc3ccccc32)c1. The average Bonchev–Trinajstić information content (AvgIpc) is 2.72. The Labute approximate surface area is 161 Å². The summed E-state index contributed by atoms with van der Waals surface area (Å²) in [6, 6.07) is 37.9. The second-order valence-corrected chi connectivity index (χ2v) is 7.48. The van der Waals surface area contributed by atoms with Crippen molar-refractivity contribution in [2.45, 2.75) is 18.8 Å². The van der Waals surface area contributed by atoms with E-state index in [4.69, 9.17) is 0 Å². The number of benzene rings is 4. The fourth-order valence-corrected chi connectivity index (χ4v) is 4.79. The van der Waals surface area contributed by atoms with Crippen LogP contribution >= 0.6 is 0 Å². The van der Waals surface area contributed by atoms with Gasteiger partial charge in [-0.15, -0.1) is 0 Å². The van der Waals surface area contributed by atoms with Crippen LogP contribution < -0.4 is 0 Å². The van der Waals surface area contributed by atoms with Crippen molar-refractivity contribution >= 4 is 0 Å². The fraction of sp³-hybridized carbons (Fsp3) is 0.111. The second kappa shape index (κ2) is 6.25. The van der Waals surface area contributed by atoms with Crippen molar-refractivity contribution < 1.29 is 0 Å². The van der Waals surface area contributed by atoms with Crippen molar-refractivity contribution in [3.8, 4) is 0 Å². The van der Waals surface area contributed by atoms with Gasteiger partial charge in [0.2, 0.25) is 0 Å². The molecule has 4 aromatic carbocycles. The first-order valence-corrected chi connectivity index (χ1v) is 9.59. The van der Waals surface area contributed by atoms with E-state index >= 15 is 0 Å². The molecule has 0 saturated carbocycles. The lowest BCUT2D eigenvalue weighted by Gasteiger charge is -2.42. The number of aryl methyl sites for hydroxylation is 1. The zero-order valence-corrected chi connectivity index (χ0v) is 15.5. The highest BCUT2D eigenvalue weighted by Crippen LogP contribution is 2.50. The third kappa shape index (κ3) is 2.37. The summed E-state index contributed by atoms with van der Waals surface area (Å²) in [7, 11) is 0. The van der Waals surface area contributed by atoms with Gasteiger partial charge in [0.05, 0.1) is 5.41 Å². The van der Waals surface area contributed by atoms with Gasteiger partial charge in [0.1, 0.15) is 0 Å². The quantitative estimate of drug-likeness (QED) is 0.353. The van der Waals surface area contributed by atoms with Gasteiger partial charge in [0, 0.05) is 0 Å². The molecule has 0 nitrogen and oxygen atoms in total. The predicted molar refractivity (Wildman–Crippen MR) is 112 cm³/mol. The zero-order valence-electron chi connectivity index (χ0n) is 15.5. The van der Waals surface area contributed by atoms with Gasteiger partial charge in [-0.05, 0) is 46.7 Å². The van der Waals surface area contributed by atoms with Crippen LogP contribution in [0.15, 0.2) is 103 Å². The van der Waals surface area contributed by atoms with Crippen LogP contribution in [-0.4, -0.2) is 0 Å². The Bertz CT molecular complexity index is 1060. The van der Waals surface area contributed by atoms with Gasteiger partial charge in [-0.25, -0.2) is 0 Å². The molecule has 0 N–H and O–H groups in total. The Hall–Kier alpha value is -3.12. The van der Waals surface area contributed by atoms with Crippen LogP contribution in [0.5, 0.6) is 0 Å². The molecule has 0 amide bonds. The van der Waals surface area contributed by atoms with Crippen LogP contribution in [0.4, 0.5) is 0 Å². The maximum Gasteiger partial charge on any atom is 0.0707 e. The van der Waals surface area contributed by atoms with E-state index in [0.29, 0.717) is 0 Å². The number of hydrogen-bond donors (Lipinski definition) is 0. The molecule has 0 saturated heterocycles. The summed E-state index contributed by atoms with van der Waals surface area (Å²) in [5.74, 6) is 0. The largest absolute Gasteiger partial charge is 0.0707 e. The number of hydrogen-bond acceptors (Lipinski definition) is 0. The van der Waals surface area contributed by atoms with Gasteiger partial charge in [-0.2, -0.15) is 0 Å².